The van der Waals surface area contributed by atoms with Gasteiger partial charge in [0.1, 0.15) is 18.1 Å². The molecular formula is C9H13N3O4. The second kappa shape index (κ2) is 4.20. The Morgan fingerprint density at radius 1 is 1.69 bits per heavy atom. The Hall–Kier alpha value is -1.44. The van der Waals surface area contributed by atoms with Gasteiger partial charge in [0.05, 0.1) is 12.7 Å². The molecule has 1 aromatic heterocycles. The molecule has 1 aliphatic heterocycles. The van der Waals surface area contributed by atoms with Crippen molar-refractivity contribution in [3.63, 3.8) is 0 Å². The SMILES string of the molecule is Nc1ccn([C@H]2C[13C@@H](O)[13C@@H](CO)O2)c(=O)n1. The molecule has 0 radical (unpaired) electrons. The van der Waals surface area contributed by atoms with Crippen LogP contribution in [-0.2, 0) is 4.74 Å². The molecule has 3 atom stereocenters. The number of hydrogen-bond acceptors (Lipinski definition) is 6. The van der Waals surface area contributed by atoms with E-state index < -0.39 is 24.1 Å². The predicted octanol–water partition coefficient (Wildman–Crippen LogP) is -1.53. The van der Waals surface area contributed by atoms with Crippen LogP contribution < -0.4 is 11.4 Å². The van der Waals surface area contributed by atoms with Crippen LogP contribution in [0.15, 0.2) is 17.1 Å². The van der Waals surface area contributed by atoms with Crippen LogP contribution in [-0.4, -0.2) is 38.6 Å². The van der Waals surface area contributed by atoms with Gasteiger partial charge in [0.25, 0.3) is 0 Å². The first-order valence-corrected chi connectivity index (χ1v) is 4.91. The molecule has 16 heavy (non-hydrogen) atoms. The highest BCUT2D eigenvalue weighted by Gasteiger charge is 2.34. The lowest BCUT2D eigenvalue weighted by atomic mass is 10.4. The monoisotopic (exact) mass is 229 g/mol. The van der Waals surface area contributed by atoms with Crippen LogP contribution in [0.3, 0.4) is 0 Å². The topological polar surface area (TPSA) is 111 Å². The van der Waals surface area contributed by atoms with Gasteiger partial charge in [0.15, 0.2) is 0 Å². The minimum atomic E-state index is -0.778. The zero-order valence-corrected chi connectivity index (χ0v) is 8.48. The van der Waals surface area contributed by atoms with Gasteiger partial charge in [0.2, 0.25) is 0 Å². The third kappa shape index (κ3) is 1.92. The quantitative estimate of drug-likeness (QED) is 0.530. The largest absolute Gasteiger partial charge is 0.394 e. The van der Waals surface area contributed by atoms with E-state index in [0.29, 0.717) is 0 Å². The van der Waals surface area contributed by atoms with Gasteiger partial charge in [-0.1, -0.05) is 0 Å². The fourth-order valence-corrected chi connectivity index (χ4v) is 1.70. The van der Waals surface area contributed by atoms with Gasteiger partial charge in [-0.15, -0.1) is 0 Å². The van der Waals surface area contributed by atoms with Crippen LogP contribution in [0.4, 0.5) is 5.82 Å². The summed E-state index contributed by atoms with van der Waals surface area (Å²) in [5, 5.41) is 18.4. The van der Waals surface area contributed by atoms with Crippen molar-refractivity contribution in [2.24, 2.45) is 0 Å². The fraction of sp³-hybridized carbons (Fsp3) is 0.556. The van der Waals surface area contributed by atoms with Crippen molar-refractivity contribution >= 4 is 5.82 Å². The van der Waals surface area contributed by atoms with E-state index in [1.165, 1.54) is 16.8 Å². The highest BCUT2D eigenvalue weighted by molar-refractivity contribution is 5.23. The molecule has 88 valence electrons. The number of aliphatic hydroxyl groups excluding tert-OH is 2. The normalized spacial score (nSPS) is 29.5. The Morgan fingerprint density at radius 2 is 2.44 bits per heavy atom. The van der Waals surface area contributed by atoms with E-state index in [1.54, 1.807) is 0 Å². The maximum Gasteiger partial charge on any atom is 0.351 e. The zero-order valence-electron chi connectivity index (χ0n) is 8.48. The summed E-state index contributed by atoms with van der Waals surface area (Å²) in [5.41, 5.74) is 4.82. The Balaban J connectivity index is 2.23. The summed E-state index contributed by atoms with van der Waals surface area (Å²) < 4.78 is 6.56. The predicted molar refractivity (Wildman–Crippen MR) is 54.5 cm³/mol. The molecule has 4 N–H and O–H groups in total. The lowest BCUT2D eigenvalue weighted by Gasteiger charge is -2.13. The number of nitrogen functional groups attached to an aromatic ring is 1. The van der Waals surface area contributed by atoms with Gasteiger partial charge in [-0.25, -0.2) is 4.79 Å². The molecule has 2 rings (SSSR count). The van der Waals surface area contributed by atoms with Gasteiger partial charge < -0.3 is 20.7 Å². The minimum absolute atomic E-state index is 0.138. The van der Waals surface area contributed by atoms with E-state index in [1.807, 2.05) is 0 Å². The summed E-state index contributed by atoms with van der Waals surface area (Å²) >= 11 is 0. The van der Waals surface area contributed by atoms with E-state index in [2.05, 4.69) is 4.98 Å². The van der Waals surface area contributed by atoms with Gasteiger partial charge >= 0.3 is 5.69 Å². The van der Waals surface area contributed by atoms with Gasteiger partial charge in [-0.3, -0.25) is 4.57 Å². The van der Waals surface area contributed by atoms with Crippen LogP contribution in [0.2, 0.25) is 0 Å². The van der Waals surface area contributed by atoms with Crippen LogP contribution in [0, 0.1) is 0 Å². The Bertz CT molecular complexity index is 433. The van der Waals surface area contributed by atoms with Crippen molar-refractivity contribution in [1.82, 2.24) is 9.55 Å². The maximum absolute atomic E-state index is 11.5. The van der Waals surface area contributed by atoms with Gasteiger partial charge in [-0.05, 0) is 6.07 Å². The zero-order chi connectivity index (χ0) is 11.7. The van der Waals surface area contributed by atoms with Crippen LogP contribution in [0.5, 0.6) is 0 Å². The second-order valence-electron chi connectivity index (χ2n) is 3.66. The minimum Gasteiger partial charge on any atom is -0.394 e. The van der Waals surface area contributed by atoms with E-state index >= 15 is 0 Å². The van der Waals surface area contributed by atoms with E-state index in [0.717, 1.165) is 0 Å². The molecule has 1 saturated heterocycles. The number of aromatic nitrogens is 2. The molecule has 2 heterocycles. The number of nitrogens with two attached hydrogens (primary N) is 1. The van der Waals surface area contributed by atoms with Crippen molar-refractivity contribution < 1.29 is 14.9 Å². The Labute approximate surface area is 91.1 Å². The summed E-state index contributed by atoms with van der Waals surface area (Å²) in [6.45, 7) is -0.283. The summed E-state index contributed by atoms with van der Waals surface area (Å²) in [6.07, 6.45) is -0.333. The third-order valence-corrected chi connectivity index (χ3v) is 2.55. The smallest absolute Gasteiger partial charge is 0.351 e. The maximum atomic E-state index is 11.5. The molecule has 0 amide bonds. The lowest BCUT2D eigenvalue weighted by molar-refractivity contribution is -0.0458. The molecule has 0 bridgehead atoms. The highest BCUT2D eigenvalue weighted by Crippen LogP contribution is 2.27. The number of nitrogens with zero attached hydrogens (tertiary/aromatic N) is 2. The summed E-state index contributed by atoms with van der Waals surface area (Å²) in [5.74, 6) is 0.138. The molecule has 7 heteroatoms. The van der Waals surface area contributed by atoms with Crippen LogP contribution >= 0.6 is 0 Å². The molecule has 0 unspecified atom stereocenters. The molecule has 1 aliphatic rings. The average molecular weight is 229 g/mol. The molecule has 1 fully saturated rings. The number of anilines is 1. The molecule has 0 saturated carbocycles. The van der Waals surface area contributed by atoms with Crippen LogP contribution in [0.25, 0.3) is 0 Å². The molecule has 1 aromatic rings. The number of rotatable bonds is 2. The lowest BCUT2D eigenvalue weighted by Crippen LogP contribution is -2.27. The van der Waals surface area contributed by atoms with E-state index in [-0.39, 0.29) is 18.8 Å². The van der Waals surface area contributed by atoms with Gasteiger partial charge in [0, 0.05) is 12.6 Å². The third-order valence-electron chi connectivity index (χ3n) is 2.55. The summed E-state index contributed by atoms with van der Waals surface area (Å²) in [6, 6.07) is 1.48. The van der Waals surface area contributed by atoms with Crippen molar-refractivity contribution in [2.45, 2.75) is 24.9 Å². The van der Waals surface area contributed by atoms with Gasteiger partial charge in [-0.2, -0.15) is 4.98 Å². The molecule has 0 aromatic carbocycles. The van der Waals surface area contributed by atoms with Crippen molar-refractivity contribution in [3.05, 3.63) is 22.7 Å². The van der Waals surface area contributed by atoms with E-state index in [9.17, 15) is 9.90 Å². The van der Waals surface area contributed by atoms with E-state index in [4.69, 9.17) is 15.6 Å². The average Bonchev–Trinajstić information content (AvgIpc) is 2.59. The molecule has 0 aliphatic carbocycles. The first-order valence-electron chi connectivity index (χ1n) is 4.91. The van der Waals surface area contributed by atoms with Crippen molar-refractivity contribution in [2.75, 3.05) is 12.3 Å². The van der Waals surface area contributed by atoms with Crippen molar-refractivity contribution in [3.8, 4) is 0 Å². The Kier molecular flexibility index (Phi) is 2.90. The fourth-order valence-electron chi connectivity index (χ4n) is 1.70. The number of ether oxygens (including phenoxy) is 1. The standard InChI is InChI=1S/C9H13N3O4/c10-7-1-2-12(9(15)11-7)8-3-5(14)6(4-13)16-8/h1-2,5-6,8,13-14H,3-4H2,(H2,10,11,15)/t5-,6-,8-/m1/s1/i5+1,6+1. The number of hydrogen-bond donors (Lipinski definition) is 3. The summed E-state index contributed by atoms with van der Waals surface area (Å²) in [4.78, 5) is 15.0. The Morgan fingerprint density at radius 3 is 3.00 bits per heavy atom. The first-order chi connectivity index (χ1) is 7.61. The highest BCUT2D eigenvalue weighted by atomic mass is 16.6. The van der Waals surface area contributed by atoms with Crippen molar-refractivity contribution in [1.29, 1.82) is 0 Å². The molecular weight excluding hydrogens is 216 g/mol. The van der Waals surface area contributed by atoms with Crippen LogP contribution in [0.1, 0.15) is 12.6 Å². The molecule has 7 nitrogen and oxygen atoms in total. The number of aliphatic hydroxyl groups is 2. The second-order valence-corrected chi connectivity index (χ2v) is 3.66. The first kappa shape index (κ1) is 11.1. The molecule has 0 spiro atoms. The summed E-state index contributed by atoms with van der Waals surface area (Å²) in [7, 11) is 0.